The number of nitrogens with zero attached hydrogens (tertiary/aromatic N) is 1. The number of benzene rings is 2. The molecular weight excluding hydrogens is 486 g/mol. The van der Waals surface area contributed by atoms with E-state index in [9.17, 15) is 14.7 Å². The van der Waals surface area contributed by atoms with E-state index >= 15 is 0 Å². The molecule has 2 heterocycles. The number of hydrogen-bond donors (Lipinski definition) is 1. The van der Waals surface area contributed by atoms with Crippen LogP contribution in [-0.4, -0.2) is 29.6 Å². The Balaban J connectivity index is 1.40. The van der Waals surface area contributed by atoms with Crippen LogP contribution in [0.2, 0.25) is 0 Å². The molecule has 39 heavy (non-hydrogen) atoms. The number of fused-ring (bicyclic) bond motifs is 3. The van der Waals surface area contributed by atoms with Gasteiger partial charge in [0.25, 0.3) is 0 Å². The second kappa shape index (κ2) is 11.1. The predicted molar refractivity (Wildman–Crippen MR) is 155 cm³/mol. The highest BCUT2D eigenvalue weighted by Crippen LogP contribution is 2.52. The van der Waals surface area contributed by atoms with Gasteiger partial charge in [0.05, 0.1) is 30.2 Å². The highest BCUT2D eigenvalue weighted by atomic mass is 16.5. The number of anilines is 1. The van der Waals surface area contributed by atoms with Crippen molar-refractivity contribution in [2.24, 2.45) is 23.7 Å². The van der Waals surface area contributed by atoms with Crippen LogP contribution in [0, 0.1) is 37.5 Å². The monoisotopic (exact) mass is 527 g/mol. The lowest BCUT2D eigenvalue weighted by molar-refractivity contribution is -0.122. The molecule has 0 spiro atoms. The maximum absolute atomic E-state index is 13.7. The number of para-hydroxylation sites is 1. The van der Waals surface area contributed by atoms with Gasteiger partial charge in [-0.25, -0.2) is 0 Å². The molecule has 4 atom stereocenters. The molecule has 5 nitrogen and oxygen atoms in total. The number of aromatic hydroxyl groups is 1. The first-order valence-corrected chi connectivity index (χ1v) is 14.5. The largest absolute Gasteiger partial charge is 0.507 e. The Morgan fingerprint density at radius 1 is 1.05 bits per heavy atom. The molecule has 2 fully saturated rings. The summed E-state index contributed by atoms with van der Waals surface area (Å²) >= 11 is 0. The Kier molecular flexibility index (Phi) is 7.82. The molecule has 2 amide bonds. The van der Waals surface area contributed by atoms with Gasteiger partial charge in [0.2, 0.25) is 11.8 Å². The van der Waals surface area contributed by atoms with Crippen LogP contribution >= 0.6 is 0 Å². The number of phenols is 1. The van der Waals surface area contributed by atoms with Crippen molar-refractivity contribution in [3.05, 3.63) is 75.9 Å². The molecule has 5 heteroatoms. The summed E-state index contributed by atoms with van der Waals surface area (Å²) in [5.41, 5.74) is 7.54. The third-order valence-corrected chi connectivity index (χ3v) is 8.84. The number of rotatable bonds is 8. The van der Waals surface area contributed by atoms with Crippen molar-refractivity contribution in [3.63, 3.8) is 0 Å². The number of imide groups is 1. The minimum absolute atomic E-state index is 0.0226. The third kappa shape index (κ3) is 5.09. The standard InChI is InChI=1S/C34H41NO4/c1-6-10-23(17-24-15-21(4)32(36)22(5)16-24)13-14-29-30-26(20(2)3)18-27-31(28(30)19-39-29)34(38)35(33(27)37)25-11-8-7-9-12-25/h7-9,11-12,15-17,20,27-29,31,36H,6,10,13-14,18-19H2,1-5H3/b23-17+/t27-,28+,29-,31-/m1/s1. The minimum Gasteiger partial charge on any atom is -0.507 e. The maximum atomic E-state index is 13.7. The Morgan fingerprint density at radius 2 is 1.74 bits per heavy atom. The zero-order valence-electron chi connectivity index (χ0n) is 23.9. The smallest absolute Gasteiger partial charge is 0.238 e. The number of aryl methyl sites for hydroxylation is 2. The fourth-order valence-electron chi connectivity index (χ4n) is 7.01. The zero-order valence-corrected chi connectivity index (χ0v) is 23.9. The Hall–Kier alpha value is -3.18. The first-order chi connectivity index (χ1) is 18.7. The molecule has 0 aromatic heterocycles. The molecule has 0 unspecified atom stereocenters. The van der Waals surface area contributed by atoms with E-state index in [1.165, 1.54) is 21.6 Å². The quantitative estimate of drug-likeness (QED) is 0.292. The van der Waals surface area contributed by atoms with Crippen LogP contribution in [0.25, 0.3) is 6.08 Å². The highest BCUT2D eigenvalue weighted by Gasteiger charge is 2.57. The minimum atomic E-state index is -0.339. The van der Waals surface area contributed by atoms with Gasteiger partial charge >= 0.3 is 0 Å². The first-order valence-electron chi connectivity index (χ1n) is 14.5. The molecular formula is C34H41NO4. The number of amides is 2. The topological polar surface area (TPSA) is 66.8 Å². The predicted octanol–water partition coefficient (Wildman–Crippen LogP) is 7.15. The maximum Gasteiger partial charge on any atom is 0.238 e. The van der Waals surface area contributed by atoms with Crippen LogP contribution < -0.4 is 4.90 Å². The molecule has 0 radical (unpaired) electrons. The highest BCUT2D eigenvalue weighted by molar-refractivity contribution is 6.22. The summed E-state index contributed by atoms with van der Waals surface area (Å²) in [7, 11) is 0. The van der Waals surface area contributed by atoms with Crippen molar-refractivity contribution in [1.82, 2.24) is 0 Å². The van der Waals surface area contributed by atoms with Gasteiger partial charge in [0.1, 0.15) is 5.75 Å². The van der Waals surface area contributed by atoms with Gasteiger partial charge < -0.3 is 9.84 Å². The molecule has 2 aromatic rings. The SMILES string of the molecule is CCC/C(=C\c1cc(C)c(O)c(C)c1)CC[C@H]1OC[C@H]2C1=C(C(C)C)C[C@H]1C(=O)N(c3ccccc3)C(=O)[C@H]12. The zero-order chi connectivity index (χ0) is 27.8. The first kappa shape index (κ1) is 27.4. The summed E-state index contributed by atoms with van der Waals surface area (Å²) in [4.78, 5) is 28.7. The normalized spacial score (nSPS) is 25.1. The molecule has 2 aliphatic heterocycles. The van der Waals surface area contributed by atoms with Crippen LogP contribution in [0.1, 0.15) is 69.6 Å². The van der Waals surface area contributed by atoms with Crippen molar-refractivity contribution in [3.8, 4) is 5.75 Å². The summed E-state index contributed by atoms with van der Waals surface area (Å²) in [6.07, 6.45) is 6.74. The number of carbonyl (C=O) groups is 2. The summed E-state index contributed by atoms with van der Waals surface area (Å²) in [5, 5.41) is 10.2. The Morgan fingerprint density at radius 3 is 2.38 bits per heavy atom. The summed E-state index contributed by atoms with van der Waals surface area (Å²) in [5.74, 6) is -0.146. The van der Waals surface area contributed by atoms with Gasteiger partial charge in [0, 0.05) is 5.92 Å². The van der Waals surface area contributed by atoms with Crippen LogP contribution in [0.15, 0.2) is 59.2 Å². The average molecular weight is 528 g/mol. The van der Waals surface area contributed by atoms with Gasteiger partial charge in [-0.05, 0) is 92.0 Å². The van der Waals surface area contributed by atoms with Gasteiger partial charge in [-0.2, -0.15) is 0 Å². The number of phenolic OH excluding ortho intramolecular Hbond substituents is 1. The lowest BCUT2D eigenvalue weighted by atomic mass is 9.67. The number of allylic oxidation sites excluding steroid dienone is 2. The third-order valence-electron chi connectivity index (χ3n) is 8.84. The van der Waals surface area contributed by atoms with E-state index < -0.39 is 0 Å². The lowest BCUT2D eigenvalue weighted by Crippen LogP contribution is -2.35. The van der Waals surface area contributed by atoms with E-state index in [1.54, 1.807) is 0 Å². The summed E-state index contributed by atoms with van der Waals surface area (Å²) in [6, 6.07) is 13.4. The van der Waals surface area contributed by atoms with E-state index in [2.05, 4.69) is 26.8 Å². The molecule has 0 saturated carbocycles. The van der Waals surface area contributed by atoms with E-state index in [1.807, 2.05) is 56.3 Å². The van der Waals surface area contributed by atoms with Crippen LogP contribution in [-0.2, 0) is 14.3 Å². The molecule has 1 aliphatic carbocycles. The van der Waals surface area contributed by atoms with Crippen molar-refractivity contribution in [1.29, 1.82) is 0 Å². The van der Waals surface area contributed by atoms with Gasteiger partial charge in [-0.15, -0.1) is 0 Å². The van der Waals surface area contributed by atoms with Crippen molar-refractivity contribution >= 4 is 23.6 Å². The number of hydrogen-bond acceptors (Lipinski definition) is 4. The molecule has 2 aromatic carbocycles. The van der Waals surface area contributed by atoms with E-state index in [-0.39, 0.29) is 35.7 Å². The van der Waals surface area contributed by atoms with Crippen LogP contribution in [0.4, 0.5) is 5.69 Å². The van der Waals surface area contributed by atoms with Crippen molar-refractivity contribution in [2.45, 2.75) is 72.8 Å². The summed E-state index contributed by atoms with van der Waals surface area (Å²) < 4.78 is 6.45. The van der Waals surface area contributed by atoms with Crippen LogP contribution in [0.5, 0.6) is 5.75 Å². The number of ether oxygens (including phenoxy) is 1. The van der Waals surface area contributed by atoms with Crippen LogP contribution in [0.3, 0.4) is 0 Å². The lowest BCUT2D eigenvalue weighted by Gasteiger charge is -2.33. The molecule has 2 saturated heterocycles. The molecule has 5 rings (SSSR count). The number of carbonyl (C=O) groups excluding carboxylic acids is 2. The van der Waals surface area contributed by atoms with Gasteiger partial charge in [-0.3, -0.25) is 14.5 Å². The Bertz CT molecular complexity index is 1300. The van der Waals surface area contributed by atoms with Gasteiger partial charge in [-0.1, -0.05) is 62.6 Å². The fraction of sp³-hybridized carbons (Fsp3) is 0.471. The van der Waals surface area contributed by atoms with E-state index in [0.29, 0.717) is 30.4 Å². The molecule has 0 bridgehead atoms. The summed E-state index contributed by atoms with van der Waals surface area (Å²) in [6.45, 7) is 11.0. The second-order valence-corrected chi connectivity index (χ2v) is 11.8. The average Bonchev–Trinajstić information content (AvgIpc) is 3.44. The Labute approximate surface area is 232 Å². The van der Waals surface area contributed by atoms with E-state index in [0.717, 1.165) is 42.4 Å². The second-order valence-electron chi connectivity index (χ2n) is 11.8. The molecule has 206 valence electrons. The van der Waals surface area contributed by atoms with Crippen molar-refractivity contribution in [2.75, 3.05) is 11.5 Å². The van der Waals surface area contributed by atoms with Gasteiger partial charge in [0.15, 0.2) is 0 Å². The molecule has 3 aliphatic rings. The van der Waals surface area contributed by atoms with Crippen molar-refractivity contribution < 1.29 is 19.4 Å². The molecule has 1 N–H and O–H groups in total. The fourth-order valence-corrected chi connectivity index (χ4v) is 7.01. The van der Waals surface area contributed by atoms with E-state index in [4.69, 9.17) is 4.74 Å².